The summed E-state index contributed by atoms with van der Waals surface area (Å²) in [5, 5.41) is 17.5. The third-order valence-electron chi connectivity index (χ3n) is 4.06. The molecule has 0 fully saturated rings. The highest BCUT2D eigenvalue weighted by Crippen LogP contribution is 2.35. The molecule has 0 saturated heterocycles. The lowest BCUT2D eigenvalue weighted by atomic mass is 10.2. The van der Waals surface area contributed by atoms with Crippen LogP contribution in [0.25, 0.3) is 10.9 Å². The van der Waals surface area contributed by atoms with Crippen molar-refractivity contribution in [2.24, 2.45) is 10.2 Å². The lowest BCUT2D eigenvalue weighted by Crippen LogP contribution is -2.34. The van der Waals surface area contributed by atoms with Crippen molar-refractivity contribution in [1.82, 2.24) is 4.98 Å². The molecule has 30 heavy (non-hydrogen) atoms. The number of aromatic nitrogens is 1. The maximum Gasteiger partial charge on any atom is 0.416 e. The van der Waals surface area contributed by atoms with E-state index in [0.29, 0.717) is 21.3 Å². The van der Waals surface area contributed by atoms with Gasteiger partial charge in [-0.1, -0.05) is 24.3 Å². The standard InChI is InChI=1S/C18H15F3N4O4S/c1-30(28,29)25(12-6-4-5-11(9-12)18(19,20)21)10-15(26)23-24-16-13-7-2-3-8-14(13)22-17(16)27/h2-9,22,27H,10H2,1H3. The summed E-state index contributed by atoms with van der Waals surface area (Å²) < 4.78 is 63.4. The molecule has 3 aromatic rings. The Balaban J connectivity index is 1.88. The van der Waals surface area contributed by atoms with Crippen LogP contribution in [0.1, 0.15) is 5.56 Å². The summed E-state index contributed by atoms with van der Waals surface area (Å²) >= 11 is 0. The highest BCUT2D eigenvalue weighted by Gasteiger charge is 2.32. The van der Waals surface area contributed by atoms with Crippen LogP contribution in [0.5, 0.6) is 5.88 Å². The van der Waals surface area contributed by atoms with Gasteiger partial charge in [0.05, 0.1) is 23.0 Å². The van der Waals surface area contributed by atoms with Gasteiger partial charge in [0, 0.05) is 5.39 Å². The lowest BCUT2D eigenvalue weighted by Gasteiger charge is -2.21. The van der Waals surface area contributed by atoms with Crippen LogP contribution in [0.15, 0.2) is 58.8 Å². The van der Waals surface area contributed by atoms with E-state index in [0.717, 1.165) is 24.5 Å². The number of halogens is 3. The van der Waals surface area contributed by atoms with Crippen LogP contribution >= 0.6 is 0 Å². The Morgan fingerprint density at radius 2 is 1.87 bits per heavy atom. The molecular weight excluding hydrogens is 425 g/mol. The molecule has 3 rings (SSSR count). The Hall–Kier alpha value is -3.41. The SMILES string of the molecule is CS(=O)(=O)N(CC(=O)N=Nc1c(O)[nH]c2ccccc12)c1cccc(C(F)(F)F)c1. The number of hydrogen-bond acceptors (Lipinski definition) is 5. The second-order valence-electron chi connectivity index (χ2n) is 6.28. The summed E-state index contributed by atoms with van der Waals surface area (Å²) in [5.41, 5.74) is -0.890. The number of amides is 1. The first-order chi connectivity index (χ1) is 14.0. The number of hydrogen-bond donors (Lipinski definition) is 2. The van der Waals surface area contributed by atoms with Crippen molar-refractivity contribution in [3.8, 4) is 5.88 Å². The summed E-state index contributed by atoms with van der Waals surface area (Å²) in [4.78, 5) is 14.9. The van der Waals surface area contributed by atoms with Crippen molar-refractivity contribution in [3.05, 3.63) is 54.1 Å². The maximum absolute atomic E-state index is 12.9. The minimum atomic E-state index is -4.68. The summed E-state index contributed by atoms with van der Waals surface area (Å²) in [6.07, 6.45) is -3.93. The quantitative estimate of drug-likeness (QED) is 0.584. The molecule has 2 N–H and O–H groups in total. The Labute approximate surface area is 168 Å². The van der Waals surface area contributed by atoms with Crippen LogP contribution < -0.4 is 4.31 Å². The van der Waals surface area contributed by atoms with E-state index >= 15 is 0 Å². The number of nitrogens with zero attached hydrogens (tertiary/aromatic N) is 3. The molecule has 0 aliphatic heterocycles. The molecule has 0 unspecified atom stereocenters. The molecule has 0 aliphatic rings. The van der Waals surface area contributed by atoms with Gasteiger partial charge in [-0.15, -0.1) is 10.2 Å². The number of aromatic amines is 1. The Morgan fingerprint density at radius 3 is 2.53 bits per heavy atom. The molecule has 12 heteroatoms. The van der Waals surface area contributed by atoms with Crippen LogP contribution in [0, 0.1) is 0 Å². The molecule has 0 spiro atoms. The summed E-state index contributed by atoms with van der Waals surface area (Å²) in [6, 6.07) is 10.2. The number of azo groups is 1. The number of alkyl halides is 3. The third-order valence-corrected chi connectivity index (χ3v) is 5.20. The third kappa shape index (κ3) is 4.59. The fraction of sp³-hybridized carbons (Fsp3) is 0.167. The van der Waals surface area contributed by atoms with Crippen molar-refractivity contribution >= 4 is 38.2 Å². The van der Waals surface area contributed by atoms with Gasteiger partial charge in [0.15, 0.2) is 5.69 Å². The number of carbonyl (C=O) groups excluding carboxylic acids is 1. The van der Waals surface area contributed by atoms with E-state index in [1.807, 2.05) is 0 Å². The Bertz CT molecular complexity index is 1240. The second-order valence-corrected chi connectivity index (χ2v) is 8.19. The van der Waals surface area contributed by atoms with Gasteiger partial charge in [0.2, 0.25) is 15.9 Å². The number of anilines is 1. The molecule has 158 valence electrons. The Morgan fingerprint density at radius 1 is 1.17 bits per heavy atom. The normalized spacial score (nSPS) is 12.5. The van der Waals surface area contributed by atoms with Gasteiger partial charge < -0.3 is 10.1 Å². The fourth-order valence-electron chi connectivity index (χ4n) is 2.71. The van der Waals surface area contributed by atoms with Crippen LogP contribution in [0.2, 0.25) is 0 Å². The van der Waals surface area contributed by atoms with Crippen molar-refractivity contribution in [1.29, 1.82) is 0 Å². The molecule has 2 aromatic carbocycles. The van der Waals surface area contributed by atoms with Crippen LogP contribution in [0.4, 0.5) is 24.5 Å². The smallest absolute Gasteiger partial charge is 0.416 e. The van der Waals surface area contributed by atoms with E-state index in [4.69, 9.17) is 0 Å². The van der Waals surface area contributed by atoms with Gasteiger partial charge in [0.25, 0.3) is 5.91 Å². The number of benzene rings is 2. The van der Waals surface area contributed by atoms with E-state index in [1.165, 1.54) is 0 Å². The zero-order valence-electron chi connectivity index (χ0n) is 15.4. The van der Waals surface area contributed by atoms with E-state index in [9.17, 15) is 31.5 Å². The molecule has 8 nitrogen and oxygen atoms in total. The number of carbonyl (C=O) groups is 1. The van der Waals surface area contributed by atoms with Crippen molar-refractivity contribution in [2.75, 3.05) is 17.1 Å². The first kappa shape index (κ1) is 21.3. The largest absolute Gasteiger partial charge is 0.493 e. The number of fused-ring (bicyclic) bond motifs is 1. The molecule has 1 aromatic heterocycles. The van der Waals surface area contributed by atoms with Crippen LogP contribution in [0.3, 0.4) is 0 Å². The number of nitrogens with one attached hydrogen (secondary N) is 1. The first-order valence-corrected chi connectivity index (χ1v) is 10.2. The molecule has 0 saturated carbocycles. The minimum absolute atomic E-state index is 0.0241. The average Bonchev–Trinajstić information content (AvgIpc) is 2.98. The molecule has 0 radical (unpaired) electrons. The fourth-order valence-corrected chi connectivity index (χ4v) is 3.55. The predicted octanol–water partition coefficient (Wildman–Crippen LogP) is 3.97. The molecule has 0 atom stereocenters. The zero-order chi connectivity index (χ0) is 22.1. The minimum Gasteiger partial charge on any atom is -0.493 e. The second kappa shape index (κ2) is 7.78. The highest BCUT2D eigenvalue weighted by atomic mass is 32.2. The number of sulfonamides is 1. The predicted molar refractivity (Wildman–Crippen MR) is 103 cm³/mol. The lowest BCUT2D eigenvalue weighted by molar-refractivity contribution is -0.137. The van der Waals surface area contributed by atoms with Crippen molar-refractivity contribution < 1.29 is 31.5 Å². The van der Waals surface area contributed by atoms with Crippen LogP contribution in [-0.2, 0) is 21.0 Å². The maximum atomic E-state index is 12.9. The van der Waals surface area contributed by atoms with Gasteiger partial charge in [0.1, 0.15) is 6.54 Å². The molecular formula is C18H15F3N4O4S. The van der Waals surface area contributed by atoms with Gasteiger partial charge in [-0.05, 0) is 24.3 Å². The van der Waals surface area contributed by atoms with Crippen molar-refractivity contribution in [2.45, 2.75) is 6.18 Å². The number of H-pyrrole nitrogens is 1. The molecule has 1 amide bonds. The number of para-hydroxylation sites is 1. The number of aromatic hydroxyl groups is 1. The van der Waals surface area contributed by atoms with Crippen LogP contribution in [-0.4, -0.2) is 37.2 Å². The monoisotopic (exact) mass is 440 g/mol. The number of rotatable bonds is 5. The van der Waals surface area contributed by atoms with Crippen molar-refractivity contribution in [3.63, 3.8) is 0 Å². The van der Waals surface area contributed by atoms with Gasteiger partial charge in [-0.3, -0.25) is 9.10 Å². The summed E-state index contributed by atoms with van der Waals surface area (Å²) in [5.74, 6) is -1.38. The molecule has 0 aliphatic carbocycles. The molecule has 0 bridgehead atoms. The van der Waals surface area contributed by atoms with Gasteiger partial charge >= 0.3 is 6.18 Å². The first-order valence-electron chi connectivity index (χ1n) is 8.36. The van der Waals surface area contributed by atoms with E-state index in [2.05, 4.69) is 15.2 Å². The Kier molecular flexibility index (Phi) is 5.53. The molecule has 1 heterocycles. The highest BCUT2D eigenvalue weighted by molar-refractivity contribution is 7.92. The zero-order valence-corrected chi connectivity index (χ0v) is 16.2. The topological polar surface area (TPSA) is 115 Å². The van der Waals surface area contributed by atoms with E-state index in [-0.39, 0.29) is 17.3 Å². The summed E-state index contributed by atoms with van der Waals surface area (Å²) in [7, 11) is -4.10. The van der Waals surface area contributed by atoms with E-state index < -0.39 is 34.2 Å². The average molecular weight is 440 g/mol. The summed E-state index contributed by atoms with van der Waals surface area (Å²) in [6.45, 7) is -0.868. The van der Waals surface area contributed by atoms with Gasteiger partial charge in [-0.25, -0.2) is 8.42 Å². The van der Waals surface area contributed by atoms with E-state index in [1.54, 1.807) is 24.3 Å². The van der Waals surface area contributed by atoms with Gasteiger partial charge in [-0.2, -0.15) is 13.2 Å².